The first kappa shape index (κ1) is 22.0. The van der Waals surface area contributed by atoms with Gasteiger partial charge in [0.05, 0.1) is 21.5 Å². The molecule has 1 aromatic carbocycles. The van der Waals surface area contributed by atoms with Gasteiger partial charge in [0, 0.05) is 19.2 Å². The fraction of sp³-hybridized carbons (Fsp3) is 0.542. The Bertz CT molecular complexity index is 972. The summed E-state index contributed by atoms with van der Waals surface area (Å²) in [6, 6.07) is 8.54. The highest BCUT2D eigenvalue weighted by Gasteiger charge is 2.26. The molecule has 2 atom stereocenters. The summed E-state index contributed by atoms with van der Waals surface area (Å²) < 4.78 is 1.17. The first-order chi connectivity index (χ1) is 15.2. The van der Waals surface area contributed by atoms with E-state index in [2.05, 4.69) is 23.6 Å². The zero-order chi connectivity index (χ0) is 21.6. The van der Waals surface area contributed by atoms with Gasteiger partial charge in [0.1, 0.15) is 10.8 Å². The predicted molar refractivity (Wildman–Crippen MR) is 130 cm³/mol. The number of thiazole rings is 1. The summed E-state index contributed by atoms with van der Waals surface area (Å²) in [5.41, 5.74) is 2.93. The third-order valence-electron chi connectivity index (χ3n) is 6.05. The van der Waals surface area contributed by atoms with Crippen LogP contribution >= 0.6 is 11.3 Å². The molecule has 0 spiro atoms. The molecule has 6 nitrogen and oxygen atoms in total. The molecule has 1 aliphatic rings. The molecule has 0 amide bonds. The number of aliphatic hydroxyl groups is 1. The van der Waals surface area contributed by atoms with Gasteiger partial charge in [0.2, 0.25) is 5.95 Å². The number of para-hydroxylation sites is 1. The van der Waals surface area contributed by atoms with Gasteiger partial charge >= 0.3 is 0 Å². The number of fused-ring (bicyclic) bond motifs is 1. The van der Waals surface area contributed by atoms with Gasteiger partial charge < -0.3 is 15.7 Å². The average Bonchev–Trinajstić information content (AvgIpc) is 3.40. The molecule has 0 radical (unpaired) electrons. The molecule has 2 aromatic heterocycles. The number of nitrogens with one attached hydrogen (secondary N) is 2. The van der Waals surface area contributed by atoms with E-state index in [1.54, 1.807) is 11.3 Å². The zero-order valence-electron chi connectivity index (χ0n) is 18.5. The van der Waals surface area contributed by atoms with E-state index in [4.69, 9.17) is 15.0 Å². The van der Waals surface area contributed by atoms with Crippen LogP contribution in [0.4, 0.5) is 11.8 Å². The van der Waals surface area contributed by atoms with E-state index in [1.807, 2.05) is 25.1 Å². The molecular weight excluding hydrogens is 406 g/mol. The molecule has 4 rings (SSSR count). The summed E-state index contributed by atoms with van der Waals surface area (Å²) in [6.07, 6.45) is 7.92. The van der Waals surface area contributed by atoms with Crippen LogP contribution in [0.3, 0.4) is 0 Å². The highest BCUT2D eigenvalue weighted by atomic mass is 32.1. The lowest BCUT2D eigenvalue weighted by atomic mass is 10.1. The second kappa shape index (κ2) is 10.4. The quantitative estimate of drug-likeness (QED) is 0.355. The molecule has 1 saturated carbocycles. The van der Waals surface area contributed by atoms with E-state index in [0.717, 1.165) is 59.8 Å². The van der Waals surface area contributed by atoms with Crippen LogP contribution < -0.4 is 10.6 Å². The lowest BCUT2D eigenvalue weighted by Gasteiger charge is -2.18. The smallest absolute Gasteiger partial charge is 0.224 e. The van der Waals surface area contributed by atoms with Crippen molar-refractivity contribution in [2.75, 3.05) is 23.8 Å². The van der Waals surface area contributed by atoms with Crippen molar-refractivity contribution >= 4 is 33.3 Å². The summed E-state index contributed by atoms with van der Waals surface area (Å²) in [7, 11) is 0. The van der Waals surface area contributed by atoms with Crippen LogP contribution in [0.2, 0.25) is 0 Å². The van der Waals surface area contributed by atoms with E-state index in [1.165, 1.54) is 24.0 Å². The molecule has 2 unspecified atom stereocenters. The summed E-state index contributed by atoms with van der Waals surface area (Å²) in [5, 5.41) is 17.6. The van der Waals surface area contributed by atoms with Crippen molar-refractivity contribution in [3.8, 4) is 10.6 Å². The van der Waals surface area contributed by atoms with Crippen molar-refractivity contribution in [3.63, 3.8) is 0 Å². The van der Waals surface area contributed by atoms with E-state index in [9.17, 15) is 5.11 Å². The van der Waals surface area contributed by atoms with Crippen molar-refractivity contribution < 1.29 is 5.11 Å². The lowest BCUT2D eigenvalue weighted by molar-refractivity contribution is 0.229. The summed E-state index contributed by atoms with van der Waals surface area (Å²) in [6.45, 7) is 5.41. The number of benzene rings is 1. The first-order valence-corrected chi connectivity index (χ1v) is 12.4. The second-order valence-corrected chi connectivity index (χ2v) is 9.56. The minimum Gasteiger partial charge on any atom is -0.396 e. The molecule has 0 aliphatic heterocycles. The van der Waals surface area contributed by atoms with E-state index in [0.29, 0.717) is 17.9 Å². The van der Waals surface area contributed by atoms with Gasteiger partial charge in [-0.1, -0.05) is 38.3 Å². The molecule has 31 heavy (non-hydrogen) atoms. The Morgan fingerprint density at radius 1 is 1.10 bits per heavy atom. The molecule has 7 heteroatoms. The van der Waals surface area contributed by atoms with Gasteiger partial charge in [0.25, 0.3) is 0 Å². The van der Waals surface area contributed by atoms with Crippen LogP contribution in [0.25, 0.3) is 20.8 Å². The van der Waals surface area contributed by atoms with Crippen LogP contribution in [0.15, 0.2) is 24.3 Å². The highest BCUT2D eigenvalue weighted by molar-refractivity contribution is 7.21. The van der Waals surface area contributed by atoms with Crippen LogP contribution in [0.5, 0.6) is 0 Å². The molecule has 3 N–H and O–H groups in total. The lowest BCUT2D eigenvalue weighted by Crippen LogP contribution is -2.19. The molecule has 0 saturated heterocycles. The summed E-state index contributed by atoms with van der Waals surface area (Å²) >= 11 is 1.68. The maximum atomic E-state index is 9.54. The Labute approximate surface area is 188 Å². The fourth-order valence-electron chi connectivity index (χ4n) is 4.31. The SMILES string of the molecule is CCCCCCNc1nc(C)c(-c2nc3ccccc3s2)c(NC2CCC(CO)C2)n1. The standard InChI is InChI=1S/C24H33N5OS/c1-3-4-5-8-13-25-24-26-16(2)21(23-28-19-9-6-7-10-20(19)31-23)22(29-24)27-18-12-11-17(14-18)15-30/h6-7,9-10,17-18,30H,3-5,8,11-15H2,1-2H3,(H2,25,26,27,29). The molecule has 1 aliphatic carbocycles. The Morgan fingerprint density at radius 3 is 2.74 bits per heavy atom. The third-order valence-corrected chi connectivity index (χ3v) is 7.11. The van der Waals surface area contributed by atoms with Crippen LogP contribution in [-0.2, 0) is 0 Å². The monoisotopic (exact) mass is 439 g/mol. The largest absolute Gasteiger partial charge is 0.396 e. The Balaban J connectivity index is 1.62. The first-order valence-electron chi connectivity index (χ1n) is 11.5. The summed E-state index contributed by atoms with van der Waals surface area (Å²) in [5.74, 6) is 1.91. The maximum absolute atomic E-state index is 9.54. The van der Waals surface area contributed by atoms with Gasteiger partial charge in [-0.15, -0.1) is 11.3 Å². The molecule has 166 valence electrons. The minimum atomic E-state index is 0.260. The number of anilines is 2. The normalized spacial score (nSPS) is 18.5. The summed E-state index contributed by atoms with van der Waals surface area (Å²) in [4.78, 5) is 14.5. The molecule has 0 bridgehead atoms. The molecule has 2 heterocycles. The number of nitrogens with zero attached hydrogens (tertiary/aromatic N) is 3. The number of hydrogen-bond acceptors (Lipinski definition) is 7. The number of hydrogen-bond donors (Lipinski definition) is 3. The van der Waals surface area contributed by atoms with Gasteiger partial charge in [-0.05, 0) is 50.7 Å². The Kier molecular flexibility index (Phi) is 7.35. The molecule has 3 aromatic rings. The average molecular weight is 440 g/mol. The topological polar surface area (TPSA) is 83.0 Å². The predicted octanol–water partition coefficient (Wildman–Crippen LogP) is 5.63. The van der Waals surface area contributed by atoms with Gasteiger partial charge in [-0.25, -0.2) is 9.97 Å². The van der Waals surface area contributed by atoms with Crippen molar-refractivity contribution in [1.82, 2.24) is 15.0 Å². The van der Waals surface area contributed by atoms with Crippen molar-refractivity contribution in [2.24, 2.45) is 5.92 Å². The van der Waals surface area contributed by atoms with E-state index >= 15 is 0 Å². The number of aryl methyl sites for hydroxylation is 1. The van der Waals surface area contributed by atoms with Gasteiger partial charge in [-0.3, -0.25) is 0 Å². The number of rotatable bonds is 10. The number of aliphatic hydroxyl groups excluding tert-OH is 1. The fourth-order valence-corrected chi connectivity index (χ4v) is 5.37. The maximum Gasteiger partial charge on any atom is 0.224 e. The van der Waals surface area contributed by atoms with Crippen molar-refractivity contribution in [1.29, 1.82) is 0 Å². The van der Waals surface area contributed by atoms with Crippen LogP contribution in [-0.4, -0.2) is 39.3 Å². The van der Waals surface area contributed by atoms with Crippen molar-refractivity contribution in [3.05, 3.63) is 30.0 Å². The Morgan fingerprint density at radius 2 is 1.97 bits per heavy atom. The molecular formula is C24H33N5OS. The van der Waals surface area contributed by atoms with E-state index < -0.39 is 0 Å². The Hall–Kier alpha value is -2.25. The zero-order valence-corrected chi connectivity index (χ0v) is 19.3. The van der Waals surface area contributed by atoms with Gasteiger partial charge in [-0.2, -0.15) is 4.98 Å². The number of aromatic nitrogens is 3. The number of unbranched alkanes of at least 4 members (excludes halogenated alkanes) is 3. The molecule has 1 fully saturated rings. The second-order valence-electron chi connectivity index (χ2n) is 8.53. The van der Waals surface area contributed by atoms with E-state index in [-0.39, 0.29) is 6.61 Å². The minimum absolute atomic E-state index is 0.260. The third kappa shape index (κ3) is 5.33. The van der Waals surface area contributed by atoms with Gasteiger partial charge in [0.15, 0.2) is 0 Å². The van der Waals surface area contributed by atoms with Crippen molar-refractivity contribution in [2.45, 2.75) is 64.8 Å². The van der Waals surface area contributed by atoms with Crippen LogP contribution in [0.1, 0.15) is 57.6 Å². The van der Waals surface area contributed by atoms with Crippen LogP contribution in [0, 0.1) is 12.8 Å². The highest BCUT2D eigenvalue weighted by Crippen LogP contribution is 2.37.